The standard InChI is InChI=1S/C30H25N3O6/c1-17-14-25(35)27-21(10-8-18-9-11-24(34)26(15-18)39-2)20-12-13-31-29(37)32(19-6-4-3-5-7-19)30(38)33(31)23(20)16-22(27)28(17)36/h3-12,14-15,21,23,34H,13,16H2,1-2H3/t21-,23+/m0/s1. The minimum Gasteiger partial charge on any atom is -0.504 e. The minimum absolute atomic E-state index is 0.00121. The highest BCUT2D eigenvalue weighted by molar-refractivity contribution is 6.23. The largest absolute Gasteiger partial charge is 0.504 e. The number of fused-ring (bicyclic) bond motifs is 3. The number of benzene rings is 2. The van der Waals surface area contributed by atoms with Gasteiger partial charge in [-0.2, -0.15) is 0 Å². The topological polar surface area (TPSA) is 113 Å². The summed E-state index contributed by atoms with van der Waals surface area (Å²) in [6, 6.07) is 13.0. The highest BCUT2D eigenvalue weighted by Gasteiger charge is 2.43. The summed E-state index contributed by atoms with van der Waals surface area (Å²) in [5.41, 5.74) is 2.08. The number of ketones is 2. The zero-order valence-corrected chi connectivity index (χ0v) is 21.3. The summed E-state index contributed by atoms with van der Waals surface area (Å²) in [7, 11) is 1.46. The number of carbonyl (C=O) groups excluding carboxylic acids is 2. The van der Waals surface area contributed by atoms with Crippen LogP contribution in [0.5, 0.6) is 11.5 Å². The van der Waals surface area contributed by atoms with Crippen molar-refractivity contribution in [1.82, 2.24) is 13.9 Å². The van der Waals surface area contributed by atoms with Crippen LogP contribution in [0, 0.1) is 5.92 Å². The third-order valence-corrected chi connectivity index (χ3v) is 7.58. The maximum Gasteiger partial charge on any atom is 0.352 e. The SMILES string of the molecule is COc1cc(C=C[C@H]2C3=CCn4c(=O)n(-c5ccccc5)c(=O)n4[C@@H]3CC3=C2C(=O)C=C(C)C3=O)ccc1O. The molecule has 1 aliphatic heterocycles. The van der Waals surface area contributed by atoms with Crippen molar-refractivity contribution in [2.45, 2.75) is 25.9 Å². The molecule has 3 aromatic rings. The van der Waals surface area contributed by atoms with Crippen LogP contribution in [0.1, 0.15) is 24.9 Å². The number of methoxy groups -OCH3 is 1. The van der Waals surface area contributed by atoms with Crippen LogP contribution in [0.4, 0.5) is 0 Å². The van der Waals surface area contributed by atoms with Gasteiger partial charge in [-0.25, -0.2) is 23.5 Å². The molecule has 0 fully saturated rings. The van der Waals surface area contributed by atoms with Gasteiger partial charge in [0.05, 0.1) is 25.4 Å². The number of phenolic OH excluding ortho intramolecular Hbond substituents is 1. The summed E-state index contributed by atoms with van der Waals surface area (Å²) in [6.07, 6.45) is 6.99. The van der Waals surface area contributed by atoms with Crippen LogP contribution in [-0.2, 0) is 16.1 Å². The molecule has 39 heavy (non-hydrogen) atoms. The van der Waals surface area contributed by atoms with Gasteiger partial charge in [0.25, 0.3) is 0 Å². The van der Waals surface area contributed by atoms with E-state index in [-0.39, 0.29) is 30.3 Å². The first-order valence-electron chi connectivity index (χ1n) is 12.6. The lowest BCUT2D eigenvalue weighted by Gasteiger charge is -2.38. The van der Waals surface area contributed by atoms with Gasteiger partial charge in [-0.3, -0.25) is 9.59 Å². The van der Waals surface area contributed by atoms with Crippen LogP contribution in [-0.4, -0.2) is 37.7 Å². The van der Waals surface area contributed by atoms with E-state index in [0.717, 1.165) is 15.7 Å². The Morgan fingerprint density at radius 3 is 2.54 bits per heavy atom. The normalized spacial score (nSPS) is 20.4. The number of hydrogen-bond donors (Lipinski definition) is 1. The molecule has 0 amide bonds. The third-order valence-electron chi connectivity index (χ3n) is 7.58. The molecule has 2 aromatic carbocycles. The zero-order chi connectivity index (χ0) is 27.4. The number of Topliss-reactive ketones (excluding diaryl/α,β-unsaturated/α-hetero) is 1. The Labute approximate surface area is 222 Å². The van der Waals surface area contributed by atoms with Crippen LogP contribution in [0.3, 0.4) is 0 Å². The highest BCUT2D eigenvalue weighted by Crippen LogP contribution is 2.46. The van der Waals surface area contributed by atoms with E-state index in [2.05, 4.69) is 0 Å². The summed E-state index contributed by atoms with van der Waals surface area (Å²) in [6.45, 7) is 1.76. The molecule has 0 unspecified atom stereocenters. The van der Waals surface area contributed by atoms with Crippen LogP contribution < -0.4 is 16.1 Å². The summed E-state index contributed by atoms with van der Waals surface area (Å²) < 4.78 is 9.15. The molecule has 9 nitrogen and oxygen atoms in total. The van der Waals surface area contributed by atoms with Crippen LogP contribution in [0.15, 0.2) is 98.6 Å². The van der Waals surface area contributed by atoms with Crippen LogP contribution >= 0.6 is 0 Å². The number of nitrogens with zero attached hydrogens (tertiary/aromatic N) is 3. The predicted molar refractivity (Wildman–Crippen MR) is 144 cm³/mol. The number of para-hydroxylation sites is 1. The van der Waals surface area contributed by atoms with Crippen LogP contribution in [0.2, 0.25) is 0 Å². The van der Waals surface area contributed by atoms with Gasteiger partial charge < -0.3 is 9.84 Å². The van der Waals surface area contributed by atoms with Gasteiger partial charge in [0.15, 0.2) is 23.1 Å². The number of ether oxygens (including phenoxy) is 1. The highest BCUT2D eigenvalue weighted by atomic mass is 16.5. The molecule has 2 aliphatic carbocycles. The van der Waals surface area contributed by atoms with E-state index >= 15 is 0 Å². The number of aromatic nitrogens is 3. The molecule has 196 valence electrons. The predicted octanol–water partition coefficient (Wildman–Crippen LogP) is 3.12. The molecule has 0 spiro atoms. The van der Waals surface area contributed by atoms with Crippen LogP contribution in [0.25, 0.3) is 11.8 Å². The average Bonchev–Trinajstić information content (AvgIpc) is 3.20. The monoisotopic (exact) mass is 523 g/mol. The van der Waals surface area contributed by atoms with E-state index in [1.54, 1.807) is 55.5 Å². The summed E-state index contributed by atoms with van der Waals surface area (Å²) in [5.74, 6) is -0.757. The van der Waals surface area contributed by atoms with E-state index in [1.165, 1.54) is 28.6 Å². The van der Waals surface area contributed by atoms with E-state index in [1.807, 2.05) is 12.2 Å². The fourth-order valence-electron chi connectivity index (χ4n) is 5.73. The summed E-state index contributed by atoms with van der Waals surface area (Å²) in [5, 5.41) is 9.96. The Morgan fingerprint density at radius 1 is 1.03 bits per heavy atom. The molecule has 0 bridgehead atoms. The van der Waals surface area contributed by atoms with Gasteiger partial charge in [-0.05, 0) is 48.4 Å². The number of carbonyl (C=O) groups is 2. The molecular weight excluding hydrogens is 498 g/mol. The van der Waals surface area contributed by atoms with E-state index in [9.17, 15) is 24.3 Å². The Morgan fingerprint density at radius 2 is 1.79 bits per heavy atom. The number of phenols is 1. The molecule has 0 saturated carbocycles. The van der Waals surface area contributed by atoms with Gasteiger partial charge in [-0.15, -0.1) is 0 Å². The molecule has 2 heterocycles. The van der Waals surface area contributed by atoms with Crippen molar-refractivity contribution in [2.24, 2.45) is 5.92 Å². The van der Waals surface area contributed by atoms with E-state index in [0.29, 0.717) is 28.2 Å². The number of allylic oxidation sites excluding steroid dienone is 7. The fraction of sp³-hybridized carbons (Fsp3) is 0.200. The summed E-state index contributed by atoms with van der Waals surface area (Å²) >= 11 is 0. The molecule has 1 aromatic heterocycles. The Kier molecular flexibility index (Phi) is 5.71. The van der Waals surface area contributed by atoms with E-state index in [4.69, 9.17) is 4.74 Å². The summed E-state index contributed by atoms with van der Waals surface area (Å²) in [4.78, 5) is 53.6. The maximum atomic E-state index is 13.7. The van der Waals surface area contributed by atoms with E-state index < -0.39 is 23.3 Å². The van der Waals surface area contributed by atoms with Gasteiger partial charge in [0.2, 0.25) is 0 Å². The lowest BCUT2D eigenvalue weighted by atomic mass is 9.70. The average molecular weight is 524 g/mol. The number of hydrogen-bond acceptors (Lipinski definition) is 6. The minimum atomic E-state index is -0.616. The van der Waals surface area contributed by atoms with Gasteiger partial charge in [0, 0.05) is 29.1 Å². The van der Waals surface area contributed by atoms with Crippen molar-refractivity contribution < 1.29 is 19.4 Å². The van der Waals surface area contributed by atoms with Crippen molar-refractivity contribution in [2.75, 3.05) is 7.11 Å². The Balaban J connectivity index is 1.51. The lowest BCUT2D eigenvalue weighted by molar-refractivity contribution is -0.116. The molecule has 3 aliphatic rings. The van der Waals surface area contributed by atoms with Gasteiger partial charge in [0.1, 0.15) is 0 Å². The van der Waals surface area contributed by atoms with Gasteiger partial charge >= 0.3 is 11.4 Å². The smallest absolute Gasteiger partial charge is 0.352 e. The third kappa shape index (κ3) is 3.77. The fourth-order valence-corrected chi connectivity index (χ4v) is 5.73. The molecule has 9 heteroatoms. The van der Waals surface area contributed by atoms with Crippen molar-refractivity contribution in [3.63, 3.8) is 0 Å². The lowest BCUT2D eigenvalue weighted by Crippen LogP contribution is -2.41. The van der Waals surface area contributed by atoms with Gasteiger partial charge in [-0.1, -0.05) is 42.5 Å². The van der Waals surface area contributed by atoms with Crippen molar-refractivity contribution in [3.05, 3.63) is 116 Å². The van der Waals surface area contributed by atoms with Crippen molar-refractivity contribution in [1.29, 1.82) is 0 Å². The van der Waals surface area contributed by atoms with Crippen molar-refractivity contribution >= 4 is 17.6 Å². The second-order valence-corrected chi connectivity index (χ2v) is 9.77. The Bertz CT molecular complexity index is 1800. The first-order valence-corrected chi connectivity index (χ1v) is 12.6. The second kappa shape index (κ2) is 9.13. The number of aromatic hydroxyl groups is 1. The molecule has 0 radical (unpaired) electrons. The first-order chi connectivity index (χ1) is 18.8. The maximum absolute atomic E-state index is 13.7. The molecule has 1 N–H and O–H groups in total. The zero-order valence-electron chi connectivity index (χ0n) is 21.3. The molecule has 6 rings (SSSR count). The van der Waals surface area contributed by atoms with Crippen molar-refractivity contribution in [3.8, 4) is 17.2 Å². The quantitative estimate of drug-likeness (QED) is 0.415. The molecular formula is C30H25N3O6. The molecule has 2 atom stereocenters. The Hall–Kier alpha value is -4.92. The second-order valence-electron chi connectivity index (χ2n) is 9.77. The first kappa shape index (κ1) is 24.4. The number of rotatable bonds is 4. The molecule has 0 saturated heterocycles.